The molecule has 1 atom stereocenters. The van der Waals surface area contributed by atoms with Gasteiger partial charge in [-0.3, -0.25) is 14.9 Å². The van der Waals surface area contributed by atoms with Crippen LogP contribution in [-0.2, 0) is 14.4 Å². The van der Waals surface area contributed by atoms with E-state index in [-0.39, 0.29) is 0 Å². The lowest BCUT2D eigenvalue weighted by molar-refractivity contribution is -0.134. The van der Waals surface area contributed by atoms with E-state index in [0.29, 0.717) is 0 Å². The summed E-state index contributed by atoms with van der Waals surface area (Å²) in [5.41, 5.74) is 11.4. The fourth-order valence-corrected chi connectivity index (χ4v) is 0.552. The van der Waals surface area contributed by atoms with Crippen LogP contribution >= 0.6 is 0 Å². The second kappa shape index (κ2) is 5.06. The Bertz CT molecular complexity index is 229. The summed E-state index contributed by atoms with van der Waals surface area (Å²) in [5.74, 6) is -1.96. The number of amides is 4. The number of carbonyl (C=O) groups excluding carboxylic acids is 3. The number of primary amides is 2. The monoisotopic (exact) mass is 190 g/mol. The van der Waals surface area contributed by atoms with Crippen LogP contribution in [0, 0.1) is 0 Å². The Labute approximate surface area is 73.5 Å². The van der Waals surface area contributed by atoms with E-state index in [4.69, 9.17) is 5.73 Å². The number of imide groups is 1. The van der Waals surface area contributed by atoms with E-state index in [2.05, 4.69) is 10.6 Å². The molecule has 74 valence electrons. The molecule has 0 aliphatic rings. The molecule has 0 aromatic rings. The fourth-order valence-electron chi connectivity index (χ4n) is 0.552. The van der Waals surface area contributed by atoms with Crippen LogP contribution in [0.25, 0.3) is 0 Å². The summed E-state index contributed by atoms with van der Waals surface area (Å²) in [4.78, 5) is 36.0. The smallest absolute Gasteiger partial charge is 0.318 e. The van der Waals surface area contributed by atoms with Gasteiger partial charge in [0.25, 0.3) is 5.91 Å². The number of nitrogens with one attached hydrogen (secondary N) is 2. The van der Waals surface area contributed by atoms with Crippen LogP contribution in [0.1, 0.15) is 0 Å². The molecule has 0 saturated heterocycles. The summed E-state index contributed by atoms with van der Waals surface area (Å²) in [6.07, 6.45) is 0. The zero-order valence-electron chi connectivity index (χ0n) is 6.87. The summed E-state index contributed by atoms with van der Waals surface area (Å²) in [7, 11) is 1.19. The third kappa shape index (κ3) is 4.03. The molecule has 0 aliphatic carbocycles. The Morgan fingerprint density at radius 3 is 2.15 bits per heavy atom. The molecule has 0 rings (SSSR count). The van der Waals surface area contributed by atoms with Crippen molar-refractivity contribution in [1.29, 1.82) is 0 Å². The van der Waals surface area contributed by atoms with Crippen molar-refractivity contribution >= 4 is 17.8 Å². The number of carbonyl (C=O) groups is 3. The van der Waals surface area contributed by atoms with Gasteiger partial charge in [0.15, 0.2) is 6.04 Å². The predicted molar refractivity (Wildman–Crippen MR) is 40.9 cm³/mol. The lowest BCUT2D eigenvalue weighted by Crippen LogP contribution is -2.53. The van der Waals surface area contributed by atoms with Crippen molar-refractivity contribution in [3.05, 3.63) is 0 Å². The van der Waals surface area contributed by atoms with E-state index in [1.165, 1.54) is 7.11 Å². The molecule has 6 N–H and O–H groups in total. The maximum absolute atomic E-state index is 10.9. The van der Waals surface area contributed by atoms with Crippen LogP contribution in [0.4, 0.5) is 4.79 Å². The van der Waals surface area contributed by atoms with E-state index in [0.717, 1.165) is 0 Å². The average molecular weight is 190 g/mol. The van der Waals surface area contributed by atoms with Gasteiger partial charge in [0, 0.05) is 0 Å². The van der Waals surface area contributed by atoms with Gasteiger partial charge in [0.2, 0.25) is 5.91 Å². The molecule has 0 unspecified atom stereocenters. The van der Waals surface area contributed by atoms with Crippen LogP contribution in [0.2, 0.25) is 0 Å². The third-order valence-corrected chi connectivity index (χ3v) is 1.03. The minimum atomic E-state index is -1.45. The highest BCUT2D eigenvalue weighted by Crippen LogP contribution is 1.82. The van der Waals surface area contributed by atoms with Crippen molar-refractivity contribution < 1.29 is 19.2 Å². The minimum absolute atomic E-state index is 0.971. The van der Waals surface area contributed by atoms with Gasteiger partial charge in [0.05, 0.1) is 7.11 Å². The molecular formula is C5H10N4O4. The number of urea groups is 1. The van der Waals surface area contributed by atoms with Crippen molar-refractivity contribution in [2.45, 2.75) is 6.04 Å². The van der Waals surface area contributed by atoms with Crippen LogP contribution in [0.15, 0.2) is 0 Å². The van der Waals surface area contributed by atoms with E-state index in [1.807, 2.05) is 5.48 Å². The van der Waals surface area contributed by atoms with Crippen molar-refractivity contribution in [3.63, 3.8) is 0 Å². The first-order valence-corrected chi connectivity index (χ1v) is 3.17. The number of hydrogen-bond acceptors (Lipinski definition) is 5. The highest BCUT2D eigenvalue weighted by Gasteiger charge is 2.24. The maximum atomic E-state index is 10.9. The second-order valence-electron chi connectivity index (χ2n) is 2.01. The highest BCUT2D eigenvalue weighted by atomic mass is 16.6. The normalized spacial score (nSPS) is 11.8. The van der Waals surface area contributed by atoms with E-state index < -0.39 is 23.9 Å². The SMILES string of the molecule is CON[C@@H](C(N)=O)C(=O)NC(N)=O. The quantitative estimate of drug-likeness (QED) is 0.280. The molecule has 0 bridgehead atoms. The van der Waals surface area contributed by atoms with Gasteiger partial charge in [-0.1, -0.05) is 0 Å². The van der Waals surface area contributed by atoms with Gasteiger partial charge < -0.3 is 16.3 Å². The van der Waals surface area contributed by atoms with E-state index in [1.54, 1.807) is 5.32 Å². The molecule has 8 nitrogen and oxygen atoms in total. The standard InChI is InChI=1S/C5H10N4O4/c1-13-9-2(3(6)10)4(11)8-5(7)12/h2,9H,1H3,(H2,6,10)(H3,7,8,11,12)/t2-/m0/s1. The lowest BCUT2D eigenvalue weighted by Gasteiger charge is -2.11. The second-order valence-corrected chi connectivity index (χ2v) is 2.01. The van der Waals surface area contributed by atoms with Crippen molar-refractivity contribution in [2.75, 3.05) is 7.11 Å². The fraction of sp³-hybridized carbons (Fsp3) is 0.400. The highest BCUT2D eigenvalue weighted by molar-refractivity contribution is 6.08. The maximum Gasteiger partial charge on any atom is 0.318 e. The summed E-state index contributed by atoms with van der Waals surface area (Å²) < 4.78 is 0. The molecule has 0 aromatic heterocycles. The zero-order chi connectivity index (χ0) is 10.4. The molecule has 0 aliphatic heterocycles. The topological polar surface area (TPSA) is 137 Å². The van der Waals surface area contributed by atoms with Crippen molar-refractivity contribution in [1.82, 2.24) is 10.8 Å². The van der Waals surface area contributed by atoms with Gasteiger partial charge in [0.1, 0.15) is 0 Å². The molecule has 0 aromatic carbocycles. The molecule has 8 heteroatoms. The minimum Gasteiger partial charge on any atom is -0.368 e. The Morgan fingerprint density at radius 2 is 1.85 bits per heavy atom. The summed E-state index contributed by atoms with van der Waals surface area (Å²) >= 11 is 0. The first kappa shape index (κ1) is 11.3. The largest absolute Gasteiger partial charge is 0.368 e. The molecule has 0 saturated carbocycles. The number of hydroxylamine groups is 1. The van der Waals surface area contributed by atoms with Gasteiger partial charge in [-0.15, -0.1) is 0 Å². The molecule has 0 spiro atoms. The summed E-state index contributed by atoms with van der Waals surface area (Å²) in [5, 5.41) is 1.67. The van der Waals surface area contributed by atoms with Crippen LogP contribution in [0.5, 0.6) is 0 Å². The van der Waals surface area contributed by atoms with Crippen molar-refractivity contribution in [3.8, 4) is 0 Å². The molecular weight excluding hydrogens is 180 g/mol. The van der Waals surface area contributed by atoms with Gasteiger partial charge in [-0.05, 0) is 0 Å². The zero-order valence-corrected chi connectivity index (χ0v) is 6.87. The Morgan fingerprint density at radius 1 is 1.31 bits per heavy atom. The Hall–Kier alpha value is -1.67. The Kier molecular flexibility index (Phi) is 4.41. The average Bonchev–Trinajstić information content (AvgIpc) is 1.97. The Balaban J connectivity index is 4.28. The number of rotatable bonds is 4. The first-order chi connectivity index (χ1) is 5.99. The van der Waals surface area contributed by atoms with Gasteiger partial charge in [-0.2, -0.15) is 5.48 Å². The van der Waals surface area contributed by atoms with Crippen molar-refractivity contribution in [2.24, 2.45) is 11.5 Å². The molecule has 0 fully saturated rings. The first-order valence-electron chi connectivity index (χ1n) is 3.17. The predicted octanol–water partition coefficient (Wildman–Crippen LogP) is -2.81. The van der Waals surface area contributed by atoms with Crippen LogP contribution in [-0.4, -0.2) is 31.0 Å². The number of hydrogen-bond donors (Lipinski definition) is 4. The van der Waals surface area contributed by atoms with Gasteiger partial charge in [-0.25, -0.2) is 4.79 Å². The summed E-state index contributed by atoms with van der Waals surface area (Å²) in [6.45, 7) is 0. The molecule has 0 heterocycles. The lowest BCUT2D eigenvalue weighted by atomic mass is 10.3. The molecule has 0 radical (unpaired) electrons. The van der Waals surface area contributed by atoms with Crippen LogP contribution < -0.4 is 22.3 Å². The summed E-state index contributed by atoms with van der Waals surface area (Å²) in [6, 6.07) is -2.52. The third-order valence-electron chi connectivity index (χ3n) is 1.03. The van der Waals surface area contributed by atoms with E-state index in [9.17, 15) is 14.4 Å². The number of nitrogens with two attached hydrogens (primary N) is 2. The van der Waals surface area contributed by atoms with E-state index >= 15 is 0 Å². The van der Waals surface area contributed by atoms with Gasteiger partial charge >= 0.3 is 6.03 Å². The molecule has 4 amide bonds. The molecule has 13 heavy (non-hydrogen) atoms. The van der Waals surface area contributed by atoms with Crippen LogP contribution in [0.3, 0.4) is 0 Å².